The molecule has 30 heavy (non-hydrogen) atoms. The number of H-pyrrole nitrogens is 1. The number of rotatable bonds is 8. The van der Waals surface area contributed by atoms with Gasteiger partial charge in [-0.2, -0.15) is 0 Å². The summed E-state index contributed by atoms with van der Waals surface area (Å²) >= 11 is 1.35. The van der Waals surface area contributed by atoms with E-state index >= 15 is 0 Å². The van der Waals surface area contributed by atoms with E-state index in [1.54, 1.807) is 7.05 Å². The molecule has 2 amide bonds. The fraction of sp³-hybridized carbons (Fsp3) is 0.261. The lowest BCUT2D eigenvalue weighted by atomic mass is 10.1. The summed E-state index contributed by atoms with van der Waals surface area (Å²) in [6.45, 7) is 3.98. The molecule has 0 atom stereocenters. The van der Waals surface area contributed by atoms with Crippen molar-refractivity contribution in [3.63, 3.8) is 0 Å². The van der Waals surface area contributed by atoms with Gasteiger partial charge in [-0.3, -0.25) is 9.59 Å². The fourth-order valence-corrected chi connectivity index (χ4v) is 3.76. The molecule has 0 spiro atoms. The quantitative estimate of drug-likeness (QED) is 0.541. The van der Waals surface area contributed by atoms with Crippen molar-refractivity contribution < 1.29 is 9.59 Å². The van der Waals surface area contributed by atoms with E-state index < -0.39 is 0 Å². The largest absolute Gasteiger partial charge is 0.337 e. The second-order valence-corrected chi connectivity index (χ2v) is 8.19. The van der Waals surface area contributed by atoms with Gasteiger partial charge in [-0.15, -0.1) is 0 Å². The van der Waals surface area contributed by atoms with Crippen LogP contribution in [-0.4, -0.2) is 46.0 Å². The van der Waals surface area contributed by atoms with Gasteiger partial charge in [0.25, 0.3) is 0 Å². The molecule has 3 aromatic rings. The number of likely N-dealkylation sites (N-methyl/N-ethyl adjacent to an activating group) is 1. The van der Waals surface area contributed by atoms with Gasteiger partial charge < -0.3 is 15.2 Å². The normalized spacial score (nSPS) is 10.6. The van der Waals surface area contributed by atoms with Crippen molar-refractivity contribution in [2.45, 2.75) is 25.4 Å². The minimum absolute atomic E-state index is 0.00368. The Balaban J connectivity index is 1.48. The number of amides is 2. The third-order valence-corrected chi connectivity index (χ3v) is 5.51. The average molecular weight is 423 g/mol. The third-order valence-electron chi connectivity index (χ3n) is 4.65. The first-order chi connectivity index (χ1) is 14.4. The molecule has 6 nitrogen and oxygen atoms in total. The molecule has 0 radical (unpaired) electrons. The first kappa shape index (κ1) is 21.6. The van der Waals surface area contributed by atoms with E-state index in [9.17, 15) is 9.59 Å². The molecular weight excluding hydrogens is 396 g/mol. The number of imidazole rings is 1. The number of aromatic amines is 1. The number of aryl methyl sites for hydroxylation is 2. The molecule has 0 aliphatic rings. The van der Waals surface area contributed by atoms with E-state index in [0.29, 0.717) is 5.16 Å². The second-order valence-electron chi connectivity index (χ2n) is 7.23. The maximum atomic E-state index is 12.4. The smallest absolute Gasteiger partial charge is 0.243 e. The molecule has 0 saturated heterocycles. The van der Waals surface area contributed by atoms with Crippen LogP contribution in [0.4, 0.5) is 5.69 Å². The molecule has 1 aromatic heterocycles. The molecule has 0 saturated carbocycles. The predicted octanol–water partition coefficient (Wildman–Crippen LogP) is 3.81. The summed E-state index contributed by atoms with van der Waals surface area (Å²) < 4.78 is 0. The van der Waals surface area contributed by atoms with Crippen LogP contribution in [0.25, 0.3) is 0 Å². The summed E-state index contributed by atoms with van der Waals surface area (Å²) in [6.07, 6.45) is 0.747. The number of hydrogen-bond donors (Lipinski definition) is 2. The Morgan fingerprint density at radius 3 is 2.47 bits per heavy atom. The van der Waals surface area contributed by atoms with Gasteiger partial charge in [0.15, 0.2) is 5.16 Å². The van der Waals surface area contributed by atoms with Crippen molar-refractivity contribution in [3.05, 3.63) is 77.1 Å². The number of nitrogens with one attached hydrogen (secondary N) is 2. The van der Waals surface area contributed by atoms with Crippen molar-refractivity contribution in [2.75, 3.05) is 24.7 Å². The number of aromatic nitrogens is 2. The van der Waals surface area contributed by atoms with E-state index in [1.165, 1.54) is 22.2 Å². The highest BCUT2D eigenvalue weighted by Gasteiger charge is 2.15. The second kappa shape index (κ2) is 10.1. The Labute approximate surface area is 181 Å². The van der Waals surface area contributed by atoms with Crippen molar-refractivity contribution in [1.29, 1.82) is 0 Å². The maximum Gasteiger partial charge on any atom is 0.243 e. The summed E-state index contributed by atoms with van der Waals surface area (Å²) in [7, 11) is 1.63. The van der Waals surface area contributed by atoms with E-state index in [0.717, 1.165) is 29.1 Å². The summed E-state index contributed by atoms with van der Waals surface area (Å²) in [5, 5.41) is 3.52. The van der Waals surface area contributed by atoms with Crippen LogP contribution in [-0.2, 0) is 16.0 Å². The zero-order chi connectivity index (χ0) is 21.5. The molecule has 0 aliphatic heterocycles. The minimum Gasteiger partial charge on any atom is -0.337 e. The van der Waals surface area contributed by atoms with E-state index in [1.807, 2.05) is 56.3 Å². The van der Waals surface area contributed by atoms with Gasteiger partial charge in [0, 0.05) is 24.8 Å². The van der Waals surface area contributed by atoms with Gasteiger partial charge in [0.05, 0.1) is 18.0 Å². The van der Waals surface area contributed by atoms with Crippen LogP contribution in [0.2, 0.25) is 0 Å². The Bertz CT molecular complexity index is 1000. The van der Waals surface area contributed by atoms with Crippen LogP contribution in [0.15, 0.2) is 59.8 Å². The van der Waals surface area contributed by atoms with Crippen LogP contribution in [0, 0.1) is 13.8 Å². The van der Waals surface area contributed by atoms with Crippen LogP contribution >= 0.6 is 11.8 Å². The van der Waals surface area contributed by atoms with Crippen molar-refractivity contribution in [1.82, 2.24) is 14.9 Å². The molecule has 7 heteroatoms. The van der Waals surface area contributed by atoms with Gasteiger partial charge in [-0.1, -0.05) is 59.8 Å². The van der Waals surface area contributed by atoms with Crippen molar-refractivity contribution in [3.8, 4) is 0 Å². The zero-order valence-corrected chi connectivity index (χ0v) is 18.3. The van der Waals surface area contributed by atoms with Gasteiger partial charge in [0.1, 0.15) is 0 Å². The van der Waals surface area contributed by atoms with Crippen molar-refractivity contribution in [2.24, 2.45) is 0 Å². The fourth-order valence-electron chi connectivity index (χ4n) is 2.88. The number of benzene rings is 2. The first-order valence-corrected chi connectivity index (χ1v) is 10.7. The average Bonchev–Trinajstić information content (AvgIpc) is 3.07. The number of nitrogens with zero attached hydrogens (tertiary/aromatic N) is 2. The minimum atomic E-state index is -0.223. The molecule has 3 rings (SSSR count). The summed E-state index contributed by atoms with van der Waals surface area (Å²) in [5.74, 6) is -0.136. The molecule has 2 aromatic carbocycles. The monoisotopic (exact) mass is 422 g/mol. The van der Waals surface area contributed by atoms with Gasteiger partial charge in [-0.25, -0.2) is 4.98 Å². The standard InChI is InChI=1S/C23H26N4O2S/c1-16-9-11-19(12-10-16)25-21(28)14-27(3)22(29)15-30-23-24-17(2)20(26-23)13-18-7-5-4-6-8-18/h4-12H,13-15H2,1-3H3,(H,24,26)(H,25,28). The number of thioether (sulfide) groups is 1. The molecule has 0 unspecified atom stereocenters. The highest BCUT2D eigenvalue weighted by molar-refractivity contribution is 7.99. The third kappa shape index (κ3) is 6.22. The number of carbonyl (C=O) groups excluding carboxylic acids is 2. The highest BCUT2D eigenvalue weighted by Crippen LogP contribution is 2.19. The Kier molecular flexibility index (Phi) is 7.30. The Morgan fingerprint density at radius 1 is 1.07 bits per heavy atom. The summed E-state index contributed by atoms with van der Waals surface area (Å²) in [6, 6.07) is 17.7. The number of carbonyl (C=O) groups is 2. The molecule has 0 bridgehead atoms. The lowest BCUT2D eigenvalue weighted by molar-refractivity contribution is -0.131. The molecule has 156 valence electrons. The number of anilines is 1. The SMILES string of the molecule is Cc1ccc(NC(=O)CN(C)C(=O)CSc2nc(Cc3ccccc3)c(C)[nH]2)cc1. The van der Waals surface area contributed by atoms with E-state index in [2.05, 4.69) is 27.4 Å². The lowest BCUT2D eigenvalue weighted by Gasteiger charge is -2.16. The molecular formula is C23H26N4O2S. The maximum absolute atomic E-state index is 12.4. The van der Waals surface area contributed by atoms with Gasteiger partial charge >= 0.3 is 0 Å². The summed E-state index contributed by atoms with van der Waals surface area (Å²) in [5.41, 5.74) is 5.01. The Hall–Kier alpha value is -3.06. The molecule has 2 N–H and O–H groups in total. The van der Waals surface area contributed by atoms with Crippen molar-refractivity contribution >= 4 is 29.3 Å². The zero-order valence-electron chi connectivity index (χ0n) is 17.4. The summed E-state index contributed by atoms with van der Waals surface area (Å²) in [4.78, 5) is 33.9. The van der Waals surface area contributed by atoms with Crippen LogP contribution in [0.1, 0.15) is 22.5 Å². The predicted molar refractivity (Wildman–Crippen MR) is 121 cm³/mol. The lowest BCUT2D eigenvalue weighted by Crippen LogP contribution is -2.35. The Morgan fingerprint density at radius 2 is 1.77 bits per heavy atom. The van der Waals surface area contributed by atoms with Crippen LogP contribution in [0.3, 0.4) is 0 Å². The van der Waals surface area contributed by atoms with Crippen LogP contribution < -0.4 is 5.32 Å². The van der Waals surface area contributed by atoms with E-state index in [4.69, 9.17) is 0 Å². The first-order valence-electron chi connectivity index (χ1n) is 9.73. The van der Waals surface area contributed by atoms with Crippen LogP contribution in [0.5, 0.6) is 0 Å². The van der Waals surface area contributed by atoms with E-state index in [-0.39, 0.29) is 24.1 Å². The highest BCUT2D eigenvalue weighted by atomic mass is 32.2. The molecule has 1 heterocycles. The molecule has 0 fully saturated rings. The topological polar surface area (TPSA) is 78.1 Å². The van der Waals surface area contributed by atoms with Gasteiger partial charge in [0.2, 0.25) is 11.8 Å². The number of hydrogen-bond acceptors (Lipinski definition) is 4. The molecule has 0 aliphatic carbocycles. The van der Waals surface area contributed by atoms with Gasteiger partial charge in [-0.05, 0) is 31.5 Å².